The van der Waals surface area contributed by atoms with Crippen LogP contribution < -0.4 is 0 Å². The largest absolute Gasteiger partial charge is 0.341 e. The summed E-state index contributed by atoms with van der Waals surface area (Å²) in [5, 5.41) is 5.70. The van der Waals surface area contributed by atoms with Crippen LogP contribution in [0.2, 0.25) is 0 Å². The van der Waals surface area contributed by atoms with E-state index in [2.05, 4.69) is 9.72 Å². The number of hydrogen-bond donors (Lipinski definition) is 0. The van der Waals surface area contributed by atoms with Gasteiger partial charge in [-0.2, -0.15) is 0 Å². The first kappa shape index (κ1) is 27.8. The van der Waals surface area contributed by atoms with Gasteiger partial charge in [-0.1, -0.05) is 24.6 Å². The predicted molar refractivity (Wildman–Crippen MR) is 154 cm³/mol. The molecule has 2 heterocycles. The number of ketones is 1. The van der Waals surface area contributed by atoms with Crippen LogP contribution in [-0.2, 0) is 25.8 Å². The van der Waals surface area contributed by atoms with Crippen molar-refractivity contribution in [3.63, 3.8) is 0 Å². The van der Waals surface area contributed by atoms with Crippen LogP contribution in [0.1, 0.15) is 56.0 Å². The molecule has 10 heteroatoms. The zero-order valence-corrected chi connectivity index (χ0v) is 23.4. The number of oxime groups is 1. The van der Waals surface area contributed by atoms with Crippen molar-refractivity contribution >= 4 is 74.5 Å². The number of aromatic nitrogens is 1. The van der Waals surface area contributed by atoms with Gasteiger partial charge in [-0.05, 0) is 74.0 Å². The third kappa shape index (κ3) is 5.24. The van der Waals surface area contributed by atoms with Crippen molar-refractivity contribution in [2.75, 3.05) is 14.1 Å². The number of hydrogen-bond acceptors (Lipinski definition) is 7. The third-order valence-corrected chi connectivity index (χ3v) is 7.28. The lowest BCUT2D eigenvalue weighted by molar-refractivity contribution is -0.141. The molecule has 0 aliphatic carbocycles. The van der Waals surface area contributed by atoms with Crippen LogP contribution in [0.15, 0.2) is 47.1 Å². The summed E-state index contributed by atoms with van der Waals surface area (Å²) in [5.74, 6) is -1.81. The Labute approximate surface area is 231 Å². The number of amides is 2. The minimum Gasteiger partial charge on any atom is -0.341 e. The Morgan fingerprint density at radius 2 is 1.59 bits per heavy atom. The van der Waals surface area contributed by atoms with Crippen molar-refractivity contribution in [1.29, 1.82) is 0 Å². The minimum atomic E-state index is -0.589. The van der Waals surface area contributed by atoms with Crippen LogP contribution in [-0.4, -0.2) is 62.9 Å². The molecule has 1 saturated heterocycles. The normalized spacial score (nSPS) is 14.5. The molecule has 202 valence electrons. The quantitative estimate of drug-likeness (QED) is 0.0772. The molecule has 3 aromatic rings. The van der Waals surface area contributed by atoms with E-state index < -0.39 is 17.8 Å². The Kier molecular flexibility index (Phi) is 8.06. The summed E-state index contributed by atoms with van der Waals surface area (Å²) in [6.45, 7) is 5.98. The van der Waals surface area contributed by atoms with Gasteiger partial charge in [0.25, 0.3) is 11.8 Å². The fourth-order valence-electron chi connectivity index (χ4n) is 4.67. The van der Waals surface area contributed by atoms with E-state index in [0.717, 1.165) is 34.6 Å². The van der Waals surface area contributed by atoms with E-state index in [1.807, 2.05) is 44.2 Å². The second kappa shape index (κ2) is 11.3. The number of rotatable bonds is 8. The van der Waals surface area contributed by atoms with Crippen molar-refractivity contribution in [3.8, 4) is 0 Å². The van der Waals surface area contributed by atoms with Gasteiger partial charge >= 0.3 is 5.97 Å². The highest BCUT2D eigenvalue weighted by Crippen LogP contribution is 2.32. The number of benzene rings is 2. The predicted octanol–water partition coefficient (Wildman–Crippen LogP) is 4.71. The lowest BCUT2D eigenvalue weighted by atomic mass is 10.00. The molecule has 9 nitrogen and oxygen atoms in total. The maximum Gasteiger partial charge on any atom is 0.331 e. The van der Waals surface area contributed by atoms with Crippen molar-refractivity contribution < 1.29 is 24.0 Å². The zero-order valence-electron chi connectivity index (χ0n) is 22.6. The van der Waals surface area contributed by atoms with Crippen LogP contribution in [0.25, 0.3) is 27.9 Å². The van der Waals surface area contributed by atoms with E-state index in [9.17, 15) is 19.2 Å². The smallest absolute Gasteiger partial charge is 0.331 e. The van der Waals surface area contributed by atoms with Gasteiger partial charge in [0.15, 0.2) is 5.11 Å². The molecule has 1 aromatic heterocycles. The topological polar surface area (TPSA) is 101 Å². The molecule has 4 rings (SSSR count). The molecule has 0 spiro atoms. The van der Waals surface area contributed by atoms with E-state index in [1.54, 1.807) is 12.1 Å². The molecule has 1 aliphatic heterocycles. The second-order valence-corrected chi connectivity index (χ2v) is 9.74. The van der Waals surface area contributed by atoms with Gasteiger partial charge in [-0.3, -0.25) is 24.2 Å². The van der Waals surface area contributed by atoms with Gasteiger partial charge in [0.2, 0.25) is 5.78 Å². The summed E-state index contributed by atoms with van der Waals surface area (Å²) in [4.78, 5) is 57.7. The van der Waals surface area contributed by atoms with Gasteiger partial charge in [0.1, 0.15) is 11.3 Å². The van der Waals surface area contributed by atoms with Crippen molar-refractivity contribution in [2.24, 2.45) is 5.16 Å². The van der Waals surface area contributed by atoms with Crippen LogP contribution in [0.5, 0.6) is 0 Å². The zero-order chi connectivity index (χ0) is 28.4. The third-order valence-electron chi connectivity index (χ3n) is 6.74. The number of carbonyl (C=O) groups excluding carboxylic acids is 4. The molecular formula is C29H30N4O5S. The van der Waals surface area contributed by atoms with Gasteiger partial charge < -0.3 is 9.40 Å². The molecule has 0 saturated carbocycles. The Morgan fingerprint density at radius 1 is 0.974 bits per heavy atom. The van der Waals surface area contributed by atoms with E-state index in [-0.39, 0.29) is 22.2 Å². The van der Waals surface area contributed by atoms with Crippen LogP contribution in [0, 0.1) is 0 Å². The molecule has 39 heavy (non-hydrogen) atoms. The van der Waals surface area contributed by atoms with Crippen molar-refractivity contribution in [1.82, 2.24) is 14.4 Å². The number of unbranched alkanes of at least 4 members (excludes halogenated alkanes) is 1. The number of thiocarbonyl (C=S) groups is 1. The molecule has 1 fully saturated rings. The maximum atomic E-state index is 13.4. The van der Waals surface area contributed by atoms with Gasteiger partial charge in [-0.15, -0.1) is 0 Å². The highest BCUT2D eigenvalue weighted by molar-refractivity contribution is 7.80. The summed E-state index contributed by atoms with van der Waals surface area (Å²) in [5.41, 5.74) is 3.20. The molecular weight excluding hydrogens is 516 g/mol. The van der Waals surface area contributed by atoms with Gasteiger partial charge in [0, 0.05) is 54.9 Å². The molecule has 0 atom stereocenters. The first-order valence-corrected chi connectivity index (χ1v) is 13.2. The summed E-state index contributed by atoms with van der Waals surface area (Å²) >= 11 is 5.18. The molecule has 2 aromatic carbocycles. The minimum absolute atomic E-state index is 0.0188. The summed E-state index contributed by atoms with van der Waals surface area (Å²) in [7, 11) is 3.08. The first-order valence-electron chi connectivity index (χ1n) is 12.8. The van der Waals surface area contributed by atoms with Gasteiger partial charge in [-0.25, -0.2) is 4.79 Å². The van der Waals surface area contributed by atoms with E-state index in [4.69, 9.17) is 17.1 Å². The summed E-state index contributed by atoms with van der Waals surface area (Å²) < 4.78 is 2.14. The van der Waals surface area contributed by atoms with E-state index >= 15 is 0 Å². The van der Waals surface area contributed by atoms with Crippen LogP contribution in [0.3, 0.4) is 0 Å². The number of likely N-dealkylation sites (N-methyl/N-ethyl adjacent to an activating group) is 2. The Hall–Kier alpha value is -4.18. The Morgan fingerprint density at radius 3 is 2.18 bits per heavy atom. The number of Topliss-reactive ketones (excluding diaryl/α,β-unsaturated/α-hetero) is 1. The molecule has 0 radical (unpaired) electrons. The fourth-order valence-corrected chi connectivity index (χ4v) is 4.83. The highest BCUT2D eigenvalue weighted by Gasteiger charge is 2.35. The highest BCUT2D eigenvalue weighted by atomic mass is 32.1. The SMILES string of the molecule is CCCCC(=NOC(C)=O)C(=O)c1ccc2c(c1)c1cc(C=C3C(=O)N(C)C(=S)N(C)C3=O)ccc1n2CC. The number of aryl methyl sites for hydroxylation is 1. The molecule has 0 bridgehead atoms. The number of fused-ring (bicyclic) bond motifs is 3. The van der Waals surface area contributed by atoms with Crippen LogP contribution in [0.4, 0.5) is 0 Å². The maximum absolute atomic E-state index is 13.4. The average molecular weight is 547 g/mol. The van der Waals surface area contributed by atoms with E-state index in [1.165, 1.54) is 30.8 Å². The lowest BCUT2D eigenvalue weighted by Crippen LogP contribution is -2.52. The standard InChI is InChI=1S/C29H30N4O5S/c1-6-8-9-23(30-38-17(3)34)26(35)19-11-13-25-21(16-19)20-14-18(10-12-24(20)33(25)7-2)15-22-27(36)31(4)29(39)32(5)28(22)37/h10-16H,6-9H2,1-5H3. The second-order valence-electron chi connectivity index (χ2n) is 9.38. The first-order chi connectivity index (χ1) is 18.6. The average Bonchev–Trinajstić information content (AvgIpc) is 3.25. The summed E-state index contributed by atoms with van der Waals surface area (Å²) in [6, 6.07) is 11.2. The Bertz CT molecular complexity index is 1570. The molecule has 2 amide bonds. The molecule has 0 unspecified atom stereocenters. The molecule has 0 N–H and O–H groups in total. The lowest BCUT2D eigenvalue weighted by Gasteiger charge is -2.31. The number of nitrogens with zero attached hydrogens (tertiary/aromatic N) is 4. The fraction of sp³-hybridized carbons (Fsp3) is 0.310. The van der Waals surface area contributed by atoms with E-state index in [0.29, 0.717) is 24.1 Å². The van der Waals surface area contributed by atoms with Crippen molar-refractivity contribution in [3.05, 3.63) is 53.1 Å². The Balaban J connectivity index is 1.83. The van der Waals surface area contributed by atoms with Gasteiger partial charge in [0.05, 0.1) is 0 Å². The number of carbonyl (C=O) groups is 4. The van der Waals surface area contributed by atoms with Crippen molar-refractivity contribution in [2.45, 2.75) is 46.6 Å². The molecule has 1 aliphatic rings. The van der Waals surface area contributed by atoms with Crippen LogP contribution >= 0.6 is 12.2 Å². The summed E-state index contributed by atoms with van der Waals surface area (Å²) in [6.07, 6.45) is 3.55. The monoisotopic (exact) mass is 546 g/mol.